The summed E-state index contributed by atoms with van der Waals surface area (Å²) in [5, 5.41) is 0. The van der Waals surface area contributed by atoms with Crippen molar-refractivity contribution in [2.24, 2.45) is 0 Å². The minimum atomic E-state index is -0.350. The Morgan fingerprint density at radius 1 is 1.41 bits per heavy atom. The molecule has 1 amide bonds. The van der Waals surface area contributed by atoms with Gasteiger partial charge in [0.25, 0.3) is 0 Å². The maximum absolute atomic E-state index is 13.6. The lowest BCUT2D eigenvalue weighted by atomic mass is 10.1. The summed E-state index contributed by atoms with van der Waals surface area (Å²) in [6, 6.07) is 4.57. The van der Waals surface area contributed by atoms with Gasteiger partial charge in [0.05, 0.1) is 6.54 Å². The number of hydrogen-bond donors (Lipinski definition) is 1. The monoisotopic (exact) mass is 237 g/mol. The number of piperazine rings is 1. The van der Waals surface area contributed by atoms with Crippen LogP contribution in [0.5, 0.6) is 0 Å². The molecule has 0 aliphatic carbocycles. The first-order valence-electron chi connectivity index (χ1n) is 5.56. The van der Waals surface area contributed by atoms with E-state index in [9.17, 15) is 9.18 Å². The average Bonchev–Trinajstić information content (AvgIpc) is 2.25. The second-order valence-corrected chi connectivity index (χ2v) is 4.40. The van der Waals surface area contributed by atoms with Crippen LogP contribution in [0.2, 0.25) is 0 Å². The number of nitrogen functional groups attached to an aromatic ring is 1. The molecule has 1 aliphatic heterocycles. The Morgan fingerprint density at radius 3 is 2.82 bits per heavy atom. The van der Waals surface area contributed by atoms with Gasteiger partial charge in [0.15, 0.2) is 0 Å². The first kappa shape index (κ1) is 11.9. The van der Waals surface area contributed by atoms with E-state index < -0.39 is 0 Å². The third-order valence-electron chi connectivity index (χ3n) is 2.95. The van der Waals surface area contributed by atoms with Crippen molar-refractivity contribution in [3.63, 3.8) is 0 Å². The molecule has 1 aromatic rings. The van der Waals surface area contributed by atoms with E-state index >= 15 is 0 Å². The molecule has 0 saturated carbocycles. The fourth-order valence-electron chi connectivity index (χ4n) is 1.89. The summed E-state index contributed by atoms with van der Waals surface area (Å²) in [4.78, 5) is 15.4. The number of benzene rings is 1. The van der Waals surface area contributed by atoms with Gasteiger partial charge in [-0.2, -0.15) is 0 Å². The summed E-state index contributed by atoms with van der Waals surface area (Å²) in [6.07, 6.45) is 0. The molecule has 0 spiro atoms. The Kier molecular flexibility index (Phi) is 3.28. The van der Waals surface area contributed by atoms with Crippen molar-refractivity contribution in [3.8, 4) is 0 Å². The molecule has 1 aliphatic rings. The van der Waals surface area contributed by atoms with Gasteiger partial charge in [0, 0.05) is 30.9 Å². The molecule has 0 bridgehead atoms. The lowest BCUT2D eigenvalue weighted by molar-refractivity contribution is -0.136. The molecule has 5 heteroatoms. The zero-order valence-corrected chi connectivity index (χ0v) is 9.82. The Labute approximate surface area is 99.8 Å². The molecule has 92 valence electrons. The van der Waals surface area contributed by atoms with Crippen molar-refractivity contribution < 1.29 is 9.18 Å². The zero-order valence-electron chi connectivity index (χ0n) is 9.82. The Bertz CT molecular complexity index is 436. The number of nitrogens with zero attached hydrogens (tertiary/aromatic N) is 2. The number of hydrogen-bond acceptors (Lipinski definition) is 3. The quantitative estimate of drug-likeness (QED) is 0.770. The van der Waals surface area contributed by atoms with Gasteiger partial charge in [-0.05, 0) is 19.2 Å². The van der Waals surface area contributed by atoms with Crippen LogP contribution in [0.15, 0.2) is 18.2 Å². The van der Waals surface area contributed by atoms with Crippen LogP contribution in [-0.4, -0.2) is 42.4 Å². The van der Waals surface area contributed by atoms with Gasteiger partial charge < -0.3 is 10.6 Å². The van der Waals surface area contributed by atoms with Crippen LogP contribution in [0.4, 0.5) is 10.1 Å². The Hall–Kier alpha value is -1.62. The van der Waals surface area contributed by atoms with Gasteiger partial charge in [-0.3, -0.25) is 9.69 Å². The van der Waals surface area contributed by atoms with E-state index in [1.807, 2.05) is 11.9 Å². The normalized spacial score (nSPS) is 17.5. The van der Waals surface area contributed by atoms with Crippen LogP contribution < -0.4 is 5.73 Å². The van der Waals surface area contributed by atoms with Crippen molar-refractivity contribution in [1.29, 1.82) is 0 Å². The van der Waals surface area contributed by atoms with Crippen LogP contribution >= 0.6 is 0 Å². The third kappa shape index (κ3) is 2.74. The van der Waals surface area contributed by atoms with E-state index in [1.54, 1.807) is 17.0 Å². The molecule has 2 N–H and O–H groups in total. The maximum Gasteiger partial charge on any atom is 0.237 e. The Balaban J connectivity index is 2.08. The van der Waals surface area contributed by atoms with Gasteiger partial charge in [0.1, 0.15) is 5.82 Å². The van der Waals surface area contributed by atoms with E-state index in [1.165, 1.54) is 6.07 Å². The number of likely N-dealkylation sites (N-methyl/N-ethyl adjacent to an activating group) is 1. The molecular weight excluding hydrogens is 221 g/mol. The highest BCUT2D eigenvalue weighted by molar-refractivity contribution is 5.79. The predicted molar refractivity (Wildman–Crippen MR) is 63.7 cm³/mol. The molecule has 2 rings (SSSR count). The first-order valence-corrected chi connectivity index (χ1v) is 5.56. The summed E-state index contributed by atoms with van der Waals surface area (Å²) >= 11 is 0. The molecule has 0 unspecified atom stereocenters. The number of nitrogens with two attached hydrogens (primary N) is 1. The fourth-order valence-corrected chi connectivity index (χ4v) is 1.89. The van der Waals surface area contributed by atoms with Crippen LogP contribution in [0.1, 0.15) is 5.56 Å². The smallest absolute Gasteiger partial charge is 0.237 e. The molecule has 0 atom stereocenters. The first-order chi connectivity index (χ1) is 8.06. The second-order valence-electron chi connectivity index (χ2n) is 4.40. The lowest BCUT2D eigenvalue weighted by Crippen LogP contribution is -2.48. The summed E-state index contributed by atoms with van der Waals surface area (Å²) < 4.78 is 13.6. The van der Waals surface area contributed by atoms with Crippen LogP contribution in [-0.2, 0) is 11.3 Å². The van der Waals surface area contributed by atoms with Gasteiger partial charge in [-0.15, -0.1) is 0 Å². The molecule has 1 heterocycles. The third-order valence-corrected chi connectivity index (χ3v) is 2.95. The molecule has 17 heavy (non-hydrogen) atoms. The van der Waals surface area contributed by atoms with Crippen LogP contribution in [0, 0.1) is 5.82 Å². The van der Waals surface area contributed by atoms with Gasteiger partial charge >= 0.3 is 0 Å². The molecule has 4 nitrogen and oxygen atoms in total. The molecule has 0 aromatic heterocycles. The number of anilines is 1. The van der Waals surface area contributed by atoms with E-state index in [0.29, 0.717) is 30.9 Å². The fraction of sp³-hybridized carbons (Fsp3) is 0.417. The summed E-state index contributed by atoms with van der Waals surface area (Å²) in [5.41, 5.74) is 6.39. The van der Waals surface area contributed by atoms with E-state index in [2.05, 4.69) is 0 Å². The number of carbonyl (C=O) groups is 1. The van der Waals surface area contributed by atoms with E-state index in [0.717, 1.165) is 6.54 Å². The van der Waals surface area contributed by atoms with Crippen molar-refractivity contribution in [1.82, 2.24) is 9.80 Å². The molecular formula is C12H16FN3O. The molecule has 0 radical (unpaired) electrons. The zero-order chi connectivity index (χ0) is 12.4. The highest BCUT2D eigenvalue weighted by Gasteiger charge is 2.22. The van der Waals surface area contributed by atoms with Crippen LogP contribution in [0.25, 0.3) is 0 Å². The number of amides is 1. The minimum absolute atomic E-state index is 0.0370. The lowest BCUT2D eigenvalue weighted by Gasteiger charge is -2.32. The second kappa shape index (κ2) is 4.71. The SMILES string of the molecule is CN1CCN(Cc2ccc(N)cc2F)C(=O)C1. The molecule has 1 fully saturated rings. The number of halogens is 1. The standard InChI is InChI=1S/C12H16FN3O/c1-15-4-5-16(12(17)8-15)7-9-2-3-10(14)6-11(9)13/h2-3,6H,4-5,7-8,14H2,1H3. The topological polar surface area (TPSA) is 49.6 Å². The number of carbonyl (C=O) groups excluding carboxylic acids is 1. The van der Waals surface area contributed by atoms with Gasteiger partial charge in [-0.1, -0.05) is 6.07 Å². The maximum atomic E-state index is 13.6. The summed E-state index contributed by atoms with van der Waals surface area (Å²) in [7, 11) is 1.90. The molecule has 1 aromatic carbocycles. The van der Waals surface area contributed by atoms with Crippen LogP contribution in [0.3, 0.4) is 0 Å². The van der Waals surface area contributed by atoms with Crippen molar-refractivity contribution in [2.45, 2.75) is 6.54 Å². The minimum Gasteiger partial charge on any atom is -0.399 e. The summed E-state index contributed by atoms with van der Waals surface area (Å²) in [5.74, 6) is -0.313. The van der Waals surface area contributed by atoms with Gasteiger partial charge in [-0.25, -0.2) is 4.39 Å². The highest BCUT2D eigenvalue weighted by Crippen LogP contribution is 2.15. The average molecular weight is 237 g/mol. The van der Waals surface area contributed by atoms with E-state index in [4.69, 9.17) is 5.73 Å². The van der Waals surface area contributed by atoms with Crippen molar-refractivity contribution >= 4 is 11.6 Å². The number of rotatable bonds is 2. The highest BCUT2D eigenvalue weighted by atomic mass is 19.1. The van der Waals surface area contributed by atoms with Crippen molar-refractivity contribution in [2.75, 3.05) is 32.4 Å². The predicted octanol–water partition coefficient (Wildman–Crippen LogP) is 0.682. The summed E-state index contributed by atoms with van der Waals surface area (Å²) in [6.45, 7) is 2.18. The Morgan fingerprint density at radius 2 is 2.18 bits per heavy atom. The van der Waals surface area contributed by atoms with Crippen molar-refractivity contribution in [3.05, 3.63) is 29.6 Å². The largest absolute Gasteiger partial charge is 0.399 e. The van der Waals surface area contributed by atoms with E-state index in [-0.39, 0.29) is 11.7 Å². The van der Waals surface area contributed by atoms with Gasteiger partial charge in [0.2, 0.25) is 5.91 Å². The molecule has 1 saturated heterocycles.